The van der Waals surface area contributed by atoms with Gasteiger partial charge in [0, 0.05) is 32.3 Å². The van der Waals surface area contributed by atoms with Gasteiger partial charge < -0.3 is 14.0 Å². The number of esters is 1. The molecule has 0 radical (unpaired) electrons. The molecule has 1 saturated heterocycles. The quantitative estimate of drug-likeness (QED) is 0.275. The molecule has 9 nitrogen and oxygen atoms in total. The van der Waals surface area contributed by atoms with E-state index in [1.807, 2.05) is 31.2 Å². The first-order chi connectivity index (χ1) is 17.8. The second-order valence-electron chi connectivity index (χ2n) is 9.01. The molecule has 0 unspecified atom stereocenters. The van der Waals surface area contributed by atoms with E-state index in [-0.39, 0.29) is 10.9 Å². The van der Waals surface area contributed by atoms with Crippen molar-refractivity contribution in [1.82, 2.24) is 18.8 Å². The molecule has 2 aromatic carbocycles. The van der Waals surface area contributed by atoms with Crippen LogP contribution in [0.15, 0.2) is 65.7 Å². The van der Waals surface area contributed by atoms with Crippen LogP contribution in [0.4, 0.5) is 0 Å². The number of aryl methyl sites for hydroxylation is 1. The number of rotatable bonds is 6. The summed E-state index contributed by atoms with van der Waals surface area (Å²) in [5.41, 5.74) is 2.88. The van der Waals surface area contributed by atoms with Crippen LogP contribution in [0, 0.1) is 6.92 Å². The Bertz CT molecular complexity index is 1570. The Morgan fingerprint density at radius 1 is 1.03 bits per heavy atom. The lowest BCUT2D eigenvalue weighted by Crippen LogP contribution is -2.39. The van der Waals surface area contributed by atoms with E-state index in [0.717, 1.165) is 11.1 Å². The number of aromatic nitrogens is 3. The van der Waals surface area contributed by atoms with E-state index in [1.54, 1.807) is 43.6 Å². The fourth-order valence-electron chi connectivity index (χ4n) is 4.86. The molecule has 1 fully saturated rings. The molecule has 0 saturated carbocycles. The maximum absolute atomic E-state index is 13.4. The second kappa shape index (κ2) is 9.95. The topological polar surface area (TPSA) is 104 Å². The Balaban J connectivity index is 1.47. The molecular formula is C27H28N4O5S. The van der Waals surface area contributed by atoms with Gasteiger partial charge in [-0.25, -0.2) is 18.4 Å². The molecule has 0 amide bonds. The summed E-state index contributed by atoms with van der Waals surface area (Å²) in [6.07, 6.45) is 2.88. The molecule has 0 N–H and O–H groups in total. The van der Waals surface area contributed by atoms with E-state index in [2.05, 4.69) is 9.55 Å². The van der Waals surface area contributed by atoms with Crippen molar-refractivity contribution in [1.29, 1.82) is 0 Å². The van der Waals surface area contributed by atoms with Crippen LogP contribution in [-0.4, -0.2) is 53.4 Å². The number of methoxy groups -OCH3 is 1. The van der Waals surface area contributed by atoms with Gasteiger partial charge in [-0.3, -0.25) is 4.79 Å². The number of hydrogen-bond acceptors (Lipinski definition) is 7. The first-order valence-electron chi connectivity index (χ1n) is 12.0. The molecule has 5 rings (SSSR count). The molecule has 0 bridgehead atoms. The zero-order valence-electron chi connectivity index (χ0n) is 20.9. The van der Waals surface area contributed by atoms with Crippen LogP contribution < -0.4 is 9.47 Å². The SMILES string of the molecule is COc1ccc(S(=O)(=O)N2CCC(n3c(-c4ccccc4OC(C)=O)nc4cccnc43)CC2)cc1C. The van der Waals surface area contributed by atoms with Gasteiger partial charge in [-0.15, -0.1) is 0 Å². The standard InChI is InChI=1S/C27H28N4O5S/c1-18-17-21(10-11-24(18)35-3)37(33,34)30-15-12-20(13-16-30)31-26(29-23-8-6-14-28-27(23)31)22-7-4-5-9-25(22)36-19(2)32/h4-11,14,17,20H,12-13,15-16H2,1-3H3. The molecule has 1 aliphatic rings. The van der Waals surface area contributed by atoms with Crippen molar-refractivity contribution >= 4 is 27.2 Å². The number of pyridine rings is 1. The van der Waals surface area contributed by atoms with Crippen LogP contribution in [0.5, 0.6) is 11.5 Å². The van der Waals surface area contributed by atoms with E-state index in [1.165, 1.54) is 11.2 Å². The van der Waals surface area contributed by atoms with Gasteiger partial charge in [-0.05, 0) is 67.8 Å². The van der Waals surface area contributed by atoms with E-state index in [4.69, 9.17) is 14.5 Å². The predicted octanol–water partition coefficient (Wildman–Crippen LogP) is 4.37. The lowest BCUT2D eigenvalue weighted by molar-refractivity contribution is -0.131. The molecule has 3 heterocycles. The second-order valence-corrected chi connectivity index (χ2v) is 10.9. The molecule has 4 aromatic rings. The Labute approximate surface area is 215 Å². The average Bonchev–Trinajstić information content (AvgIpc) is 3.28. The van der Waals surface area contributed by atoms with Crippen molar-refractivity contribution in [3.8, 4) is 22.9 Å². The van der Waals surface area contributed by atoms with Gasteiger partial charge in [0.05, 0.1) is 17.6 Å². The third-order valence-electron chi connectivity index (χ3n) is 6.62. The van der Waals surface area contributed by atoms with Crippen molar-refractivity contribution in [2.24, 2.45) is 0 Å². The normalized spacial score (nSPS) is 15.1. The molecule has 37 heavy (non-hydrogen) atoms. The van der Waals surface area contributed by atoms with Gasteiger partial charge >= 0.3 is 5.97 Å². The zero-order chi connectivity index (χ0) is 26.2. The number of ether oxygens (including phenoxy) is 2. The van der Waals surface area contributed by atoms with Gasteiger partial charge in [-0.1, -0.05) is 12.1 Å². The number of sulfonamides is 1. The van der Waals surface area contributed by atoms with E-state index in [0.29, 0.717) is 54.5 Å². The third kappa shape index (κ3) is 4.70. The van der Waals surface area contributed by atoms with Crippen LogP contribution in [0.2, 0.25) is 0 Å². The summed E-state index contributed by atoms with van der Waals surface area (Å²) < 4.78 is 41.1. The largest absolute Gasteiger partial charge is 0.496 e. The Morgan fingerprint density at radius 3 is 2.49 bits per heavy atom. The highest BCUT2D eigenvalue weighted by Crippen LogP contribution is 2.37. The number of nitrogens with zero attached hydrogens (tertiary/aromatic N) is 4. The minimum atomic E-state index is -3.65. The molecular weight excluding hydrogens is 492 g/mol. The van der Waals surface area contributed by atoms with E-state index < -0.39 is 16.0 Å². The van der Waals surface area contributed by atoms with Crippen molar-refractivity contribution in [3.05, 3.63) is 66.4 Å². The fourth-order valence-corrected chi connectivity index (χ4v) is 6.42. The van der Waals surface area contributed by atoms with Gasteiger partial charge in [0.25, 0.3) is 0 Å². The summed E-state index contributed by atoms with van der Waals surface area (Å²) in [5.74, 6) is 1.29. The number of imidazole rings is 1. The number of carbonyl (C=O) groups excluding carboxylic acids is 1. The van der Waals surface area contributed by atoms with Crippen LogP contribution in [0.1, 0.15) is 31.4 Å². The molecule has 0 spiro atoms. The number of carbonyl (C=O) groups is 1. The molecule has 0 aliphatic carbocycles. The summed E-state index contributed by atoms with van der Waals surface area (Å²) in [6.45, 7) is 3.91. The van der Waals surface area contributed by atoms with Crippen molar-refractivity contribution in [2.75, 3.05) is 20.2 Å². The highest BCUT2D eigenvalue weighted by atomic mass is 32.2. The summed E-state index contributed by atoms with van der Waals surface area (Å²) in [7, 11) is -2.08. The molecule has 1 aliphatic heterocycles. The summed E-state index contributed by atoms with van der Waals surface area (Å²) in [4.78, 5) is 21.4. The van der Waals surface area contributed by atoms with Crippen molar-refractivity contribution in [3.63, 3.8) is 0 Å². The summed E-state index contributed by atoms with van der Waals surface area (Å²) in [6, 6.07) is 15.9. The molecule has 192 valence electrons. The number of benzene rings is 2. The minimum Gasteiger partial charge on any atom is -0.496 e. The summed E-state index contributed by atoms with van der Waals surface area (Å²) in [5, 5.41) is 0. The van der Waals surface area contributed by atoms with Crippen molar-refractivity contribution in [2.45, 2.75) is 37.6 Å². The number of para-hydroxylation sites is 1. The lowest BCUT2D eigenvalue weighted by atomic mass is 10.1. The Hall–Kier alpha value is -3.76. The predicted molar refractivity (Wildman–Crippen MR) is 139 cm³/mol. The first-order valence-corrected chi connectivity index (χ1v) is 13.5. The van der Waals surface area contributed by atoms with E-state index in [9.17, 15) is 13.2 Å². The van der Waals surface area contributed by atoms with Gasteiger partial charge in [0.2, 0.25) is 10.0 Å². The smallest absolute Gasteiger partial charge is 0.308 e. The monoisotopic (exact) mass is 520 g/mol. The van der Waals surface area contributed by atoms with Gasteiger partial charge in [-0.2, -0.15) is 4.31 Å². The number of hydrogen-bond donors (Lipinski definition) is 0. The van der Waals surface area contributed by atoms with Gasteiger partial charge in [0.1, 0.15) is 22.8 Å². The molecule has 10 heteroatoms. The van der Waals surface area contributed by atoms with Crippen molar-refractivity contribution < 1.29 is 22.7 Å². The lowest BCUT2D eigenvalue weighted by Gasteiger charge is -2.32. The maximum Gasteiger partial charge on any atom is 0.308 e. The third-order valence-corrected chi connectivity index (χ3v) is 8.52. The Morgan fingerprint density at radius 2 is 1.78 bits per heavy atom. The first kappa shape index (κ1) is 24.9. The minimum absolute atomic E-state index is 0.0377. The highest BCUT2D eigenvalue weighted by Gasteiger charge is 2.32. The van der Waals surface area contributed by atoms with Crippen LogP contribution in [0.3, 0.4) is 0 Å². The molecule has 2 aromatic heterocycles. The van der Waals surface area contributed by atoms with E-state index >= 15 is 0 Å². The van der Waals surface area contributed by atoms with Crippen LogP contribution in [0.25, 0.3) is 22.6 Å². The highest BCUT2D eigenvalue weighted by molar-refractivity contribution is 7.89. The molecule has 0 atom stereocenters. The van der Waals surface area contributed by atoms with Gasteiger partial charge in [0.15, 0.2) is 5.65 Å². The number of fused-ring (bicyclic) bond motifs is 1. The summed E-state index contributed by atoms with van der Waals surface area (Å²) >= 11 is 0. The van der Waals surface area contributed by atoms with Crippen LogP contribution >= 0.6 is 0 Å². The zero-order valence-corrected chi connectivity index (χ0v) is 21.7. The number of piperidine rings is 1. The van der Waals surface area contributed by atoms with Crippen LogP contribution in [-0.2, 0) is 14.8 Å². The maximum atomic E-state index is 13.4. The average molecular weight is 521 g/mol. The Kier molecular flexibility index (Phi) is 6.70. The fraction of sp³-hybridized carbons (Fsp3) is 0.296.